The Bertz CT molecular complexity index is 727. The van der Waals surface area contributed by atoms with Crippen molar-refractivity contribution < 1.29 is 4.42 Å². The van der Waals surface area contributed by atoms with E-state index in [-0.39, 0.29) is 6.04 Å². The first-order valence-corrected chi connectivity index (χ1v) is 8.14. The summed E-state index contributed by atoms with van der Waals surface area (Å²) in [5, 5.41) is 10.5. The van der Waals surface area contributed by atoms with Gasteiger partial charge in [0.25, 0.3) is 5.89 Å². The summed E-state index contributed by atoms with van der Waals surface area (Å²) in [7, 11) is 0. The number of aromatic nitrogens is 4. The molecule has 0 aliphatic carbocycles. The lowest BCUT2D eigenvalue weighted by Crippen LogP contribution is -2.22. The zero-order valence-electron chi connectivity index (χ0n) is 11.9. The maximum atomic E-state index is 5.84. The van der Waals surface area contributed by atoms with Crippen molar-refractivity contribution in [2.75, 3.05) is 6.54 Å². The van der Waals surface area contributed by atoms with Crippen molar-refractivity contribution in [1.29, 1.82) is 0 Å². The Morgan fingerprint density at radius 1 is 1.32 bits per heavy atom. The van der Waals surface area contributed by atoms with Gasteiger partial charge in [-0.2, -0.15) is 0 Å². The molecule has 112 valence electrons. The van der Waals surface area contributed by atoms with Crippen molar-refractivity contribution in [3.05, 3.63) is 46.9 Å². The highest BCUT2D eigenvalue weighted by molar-refractivity contribution is 7.09. The second kappa shape index (κ2) is 5.94. The summed E-state index contributed by atoms with van der Waals surface area (Å²) in [5.74, 6) is 1.11. The Morgan fingerprint density at radius 3 is 3.14 bits per heavy atom. The minimum Gasteiger partial charge on any atom is -0.417 e. The molecule has 1 saturated heterocycles. The molecule has 0 bridgehead atoms. The fourth-order valence-corrected chi connectivity index (χ4v) is 3.51. The van der Waals surface area contributed by atoms with E-state index in [0.717, 1.165) is 25.9 Å². The SMILES string of the molecule is c1csc(CN2CCCC2c2nnc(-c3cnccn3)o2)c1. The Balaban J connectivity index is 1.55. The van der Waals surface area contributed by atoms with Gasteiger partial charge in [0.1, 0.15) is 5.69 Å². The minimum absolute atomic E-state index is 0.194. The quantitative estimate of drug-likeness (QED) is 0.737. The predicted octanol–water partition coefficient (Wildman–Crippen LogP) is 2.93. The normalized spacial score (nSPS) is 18.8. The summed E-state index contributed by atoms with van der Waals surface area (Å²) < 4.78 is 5.84. The van der Waals surface area contributed by atoms with Crippen LogP contribution in [0.5, 0.6) is 0 Å². The van der Waals surface area contributed by atoms with Crippen molar-refractivity contribution in [2.45, 2.75) is 25.4 Å². The maximum absolute atomic E-state index is 5.84. The third kappa shape index (κ3) is 2.65. The highest BCUT2D eigenvalue weighted by Crippen LogP contribution is 2.33. The van der Waals surface area contributed by atoms with Crippen LogP contribution in [0.3, 0.4) is 0 Å². The molecular weight excluding hydrogens is 298 g/mol. The molecule has 0 saturated carbocycles. The highest BCUT2D eigenvalue weighted by atomic mass is 32.1. The third-order valence-corrected chi connectivity index (χ3v) is 4.67. The van der Waals surface area contributed by atoms with E-state index in [1.54, 1.807) is 29.9 Å². The zero-order valence-corrected chi connectivity index (χ0v) is 12.7. The lowest BCUT2D eigenvalue weighted by molar-refractivity contribution is 0.217. The smallest absolute Gasteiger partial charge is 0.267 e. The van der Waals surface area contributed by atoms with Crippen LogP contribution in [-0.2, 0) is 6.54 Å². The van der Waals surface area contributed by atoms with Gasteiger partial charge < -0.3 is 4.42 Å². The topological polar surface area (TPSA) is 67.9 Å². The zero-order chi connectivity index (χ0) is 14.8. The van der Waals surface area contributed by atoms with E-state index in [4.69, 9.17) is 4.42 Å². The van der Waals surface area contributed by atoms with E-state index < -0.39 is 0 Å². The van der Waals surface area contributed by atoms with E-state index in [1.807, 2.05) is 0 Å². The van der Waals surface area contributed by atoms with Crippen LogP contribution in [0.25, 0.3) is 11.6 Å². The van der Waals surface area contributed by atoms with Gasteiger partial charge in [-0.25, -0.2) is 4.98 Å². The molecule has 3 aromatic rings. The van der Waals surface area contributed by atoms with Crippen molar-refractivity contribution in [2.24, 2.45) is 0 Å². The third-order valence-electron chi connectivity index (χ3n) is 3.81. The molecular formula is C15H15N5OS. The van der Waals surface area contributed by atoms with Crippen LogP contribution in [0.15, 0.2) is 40.5 Å². The molecule has 0 radical (unpaired) electrons. The van der Waals surface area contributed by atoms with Crippen LogP contribution < -0.4 is 0 Å². The molecule has 4 heterocycles. The molecule has 1 atom stereocenters. The molecule has 7 heteroatoms. The van der Waals surface area contributed by atoms with E-state index in [2.05, 4.69) is 42.6 Å². The molecule has 1 aliphatic heterocycles. The number of thiophene rings is 1. The van der Waals surface area contributed by atoms with Crippen LogP contribution in [0.1, 0.15) is 29.7 Å². The number of hydrogen-bond acceptors (Lipinski definition) is 7. The fourth-order valence-electron chi connectivity index (χ4n) is 2.78. The molecule has 1 aliphatic rings. The van der Waals surface area contributed by atoms with Crippen LogP contribution >= 0.6 is 11.3 Å². The van der Waals surface area contributed by atoms with Crippen LogP contribution in [0.2, 0.25) is 0 Å². The van der Waals surface area contributed by atoms with Gasteiger partial charge in [0.15, 0.2) is 0 Å². The molecule has 1 fully saturated rings. The molecule has 6 nitrogen and oxygen atoms in total. The second-order valence-electron chi connectivity index (χ2n) is 5.24. The monoisotopic (exact) mass is 313 g/mol. The Labute approximate surface area is 131 Å². The molecule has 1 unspecified atom stereocenters. The lowest BCUT2D eigenvalue weighted by Gasteiger charge is -2.20. The van der Waals surface area contributed by atoms with Crippen LogP contribution in [0, 0.1) is 0 Å². The summed E-state index contributed by atoms with van der Waals surface area (Å²) in [6, 6.07) is 4.45. The van der Waals surface area contributed by atoms with E-state index in [1.165, 1.54) is 4.88 Å². The molecule has 0 spiro atoms. The predicted molar refractivity (Wildman–Crippen MR) is 82.0 cm³/mol. The molecule has 0 N–H and O–H groups in total. The standard InChI is InChI=1S/C15H15N5OS/c1-4-13(20(7-1)10-11-3-2-8-22-11)15-19-18-14(21-15)12-9-16-5-6-17-12/h2-3,5-6,8-9,13H,1,4,7,10H2. The van der Waals surface area contributed by atoms with E-state index in [0.29, 0.717) is 17.5 Å². The van der Waals surface area contributed by atoms with Crippen molar-refractivity contribution in [1.82, 2.24) is 25.1 Å². The van der Waals surface area contributed by atoms with Gasteiger partial charge in [-0.3, -0.25) is 9.88 Å². The average molecular weight is 313 g/mol. The second-order valence-corrected chi connectivity index (χ2v) is 6.28. The molecule has 0 aromatic carbocycles. The highest BCUT2D eigenvalue weighted by Gasteiger charge is 2.30. The number of likely N-dealkylation sites (tertiary alicyclic amines) is 1. The van der Waals surface area contributed by atoms with Crippen LogP contribution in [0.4, 0.5) is 0 Å². The maximum Gasteiger partial charge on any atom is 0.267 e. The number of hydrogen-bond donors (Lipinski definition) is 0. The summed E-state index contributed by atoms with van der Waals surface area (Å²) in [5.41, 5.74) is 0.615. The number of nitrogens with zero attached hydrogens (tertiary/aromatic N) is 5. The fraction of sp³-hybridized carbons (Fsp3) is 0.333. The Morgan fingerprint density at radius 2 is 2.32 bits per heavy atom. The van der Waals surface area contributed by atoms with Gasteiger partial charge in [-0.15, -0.1) is 21.5 Å². The Kier molecular flexibility index (Phi) is 3.65. The van der Waals surface area contributed by atoms with Gasteiger partial charge in [0.05, 0.1) is 12.2 Å². The Hall–Kier alpha value is -2.12. The van der Waals surface area contributed by atoms with Gasteiger partial charge in [0, 0.05) is 23.8 Å². The molecule has 22 heavy (non-hydrogen) atoms. The molecule has 3 aromatic heterocycles. The van der Waals surface area contributed by atoms with Gasteiger partial charge in [-0.05, 0) is 30.8 Å². The first-order valence-electron chi connectivity index (χ1n) is 7.26. The van der Waals surface area contributed by atoms with Gasteiger partial charge in [-0.1, -0.05) is 6.07 Å². The van der Waals surface area contributed by atoms with Crippen molar-refractivity contribution in [3.63, 3.8) is 0 Å². The molecule has 0 amide bonds. The number of rotatable bonds is 4. The van der Waals surface area contributed by atoms with E-state index in [9.17, 15) is 0 Å². The van der Waals surface area contributed by atoms with Gasteiger partial charge >= 0.3 is 0 Å². The minimum atomic E-state index is 0.194. The first kappa shape index (κ1) is 13.5. The summed E-state index contributed by atoms with van der Waals surface area (Å²) in [6.45, 7) is 2.00. The van der Waals surface area contributed by atoms with Crippen molar-refractivity contribution in [3.8, 4) is 11.6 Å². The summed E-state index contributed by atoms with van der Waals surface area (Å²) in [6.07, 6.45) is 7.08. The van der Waals surface area contributed by atoms with E-state index >= 15 is 0 Å². The largest absolute Gasteiger partial charge is 0.417 e. The van der Waals surface area contributed by atoms with Gasteiger partial charge in [0.2, 0.25) is 5.89 Å². The first-order chi connectivity index (χ1) is 10.9. The lowest BCUT2D eigenvalue weighted by atomic mass is 10.2. The van der Waals surface area contributed by atoms with Crippen LogP contribution in [-0.4, -0.2) is 31.6 Å². The van der Waals surface area contributed by atoms with Crippen molar-refractivity contribution >= 4 is 11.3 Å². The molecule has 4 rings (SSSR count). The summed E-state index contributed by atoms with van der Waals surface area (Å²) >= 11 is 1.78. The average Bonchev–Trinajstić information content (AvgIpc) is 3.30. The summed E-state index contributed by atoms with van der Waals surface area (Å²) in [4.78, 5) is 12.0.